The number of nitrogen functional groups attached to an aromatic ring is 1. The van der Waals surface area contributed by atoms with Gasteiger partial charge in [0.15, 0.2) is 0 Å². The largest absolute Gasteiger partial charge is 0.382 e. The highest BCUT2D eigenvalue weighted by Gasteiger charge is 2.04. The van der Waals surface area contributed by atoms with Gasteiger partial charge in [-0.05, 0) is 13.3 Å². The van der Waals surface area contributed by atoms with Crippen molar-refractivity contribution in [1.82, 2.24) is 9.78 Å². The summed E-state index contributed by atoms with van der Waals surface area (Å²) in [6, 6.07) is 1.76. The SMILES string of the molecule is Cc1cc(N)nn1CCCS(C)(=O)=O. The summed E-state index contributed by atoms with van der Waals surface area (Å²) in [5.41, 5.74) is 6.44. The van der Waals surface area contributed by atoms with E-state index in [2.05, 4.69) is 5.10 Å². The molecular formula is C8H15N3O2S. The summed E-state index contributed by atoms with van der Waals surface area (Å²) in [6.07, 6.45) is 1.80. The van der Waals surface area contributed by atoms with E-state index in [1.807, 2.05) is 6.92 Å². The van der Waals surface area contributed by atoms with E-state index in [1.165, 1.54) is 6.26 Å². The molecular weight excluding hydrogens is 202 g/mol. The van der Waals surface area contributed by atoms with Crippen LogP contribution >= 0.6 is 0 Å². The first-order chi connectivity index (χ1) is 6.38. The lowest BCUT2D eigenvalue weighted by molar-refractivity contribution is 0.570. The Balaban J connectivity index is 2.50. The van der Waals surface area contributed by atoms with Crippen LogP contribution in [0.25, 0.3) is 0 Å². The minimum absolute atomic E-state index is 0.187. The van der Waals surface area contributed by atoms with Crippen LogP contribution in [-0.2, 0) is 16.4 Å². The maximum Gasteiger partial charge on any atom is 0.147 e. The van der Waals surface area contributed by atoms with Crippen LogP contribution in [0.5, 0.6) is 0 Å². The summed E-state index contributed by atoms with van der Waals surface area (Å²) in [5, 5.41) is 4.03. The predicted molar refractivity (Wildman–Crippen MR) is 55.7 cm³/mol. The molecule has 0 saturated heterocycles. The van der Waals surface area contributed by atoms with Crippen LogP contribution in [-0.4, -0.2) is 30.2 Å². The van der Waals surface area contributed by atoms with E-state index in [-0.39, 0.29) is 5.75 Å². The number of nitrogens with zero attached hydrogens (tertiary/aromatic N) is 2. The Bertz CT molecular complexity index is 408. The van der Waals surface area contributed by atoms with Crippen molar-refractivity contribution in [2.24, 2.45) is 0 Å². The number of rotatable bonds is 4. The fourth-order valence-corrected chi connectivity index (χ4v) is 1.89. The van der Waals surface area contributed by atoms with Crippen molar-refractivity contribution in [3.8, 4) is 0 Å². The number of sulfone groups is 1. The summed E-state index contributed by atoms with van der Waals surface area (Å²) < 4.78 is 23.4. The molecule has 1 rings (SSSR count). The Morgan fingerprint density at radius 1 is 1.57 bits per heavy atom. The van der Waals surface area contributed by atoms with Gasteiger partial charge in [0.2, 0.25) is 0 Å². The Morgan fingerprint density at radius 3 is 2.64 bits per heavy atom. The van der Waals surface area contributed by atoms with Gasteiger partial charge >= 0.3 is 0 Å². The molecule has 1 aromatic rings. The van der Waals surface area contributed by atoms with Crippen LogP contribution in [0.3, 0.4) is 0 Å². The average molecular weight is 217 g/mol. The van der Waals surface area contributed by atoms with Crippen molar-refractivity contribution < 1.29 is 8.42 Å². The van der Waals surface area contributed by atoms with Gasteiger partial charge in [0.05, 0.1) is 5.75 Å². The molecule has 6 heteroatoms. The topological polar surface area (TPSA) is 78.0 Å². The summed E-state index contributed by atoms with van der Waals surface area (Å²) in [5.74, 6) is 0.661. The molecule has 2 N–H and O–H groups in total. The number of anilines is 1. The summed E-state index contributed by atoms with van der Waals surface area (Å²) in [7, 11) is -2.87. The summed E-state index contributed by atoms with van der Waals surface area (Å²) >= 11 is 0. The molecule has 0 aromatic carbocycles. The third-order valence-electron chi connectivity index (χ3n) is 1.89. The molecule has 0 aliphatic carbocycles. The molecule has 1 heterocycles. The molecule has 0 radical (unpaired) electrons. The Kier molecular flexibility index (Phi) is 3.15. The molecule has 0 saturated carbocycles. The molecule has 0 bridgehead atoms. The second-order valence-corrected chi connectivity index (χ2v) is 5.68. The third kappa shape index (κ3) is 3.37. The second-order valence-electron chi connectivity index (χ2n) is 3.42. The molecule has 0 spiro atoms. The molecule has 5 nitrogen and oxygen atoms in total. The zero-order valence-electron chi connectivity index (χ0n) is 8.40. The van der Waals surface area contributed by atoms with E-state index in [9.17, 15) is 8.42 Å². The first-order valence-electron chi connectivity index (χ1n) is 4.36. The van der Waals surface area contributed by atoms with E-state index in [1.54, 1.807) is 10.7 Å². The van der Waals surface area contributed by atoms with Crippen molar-refractivity contribution >= 4 is 15.7 Å². The van der Waals surface area contributed by atoms with E-state index in [0.29, 0.717) is 18.8 Å². The first kappa shape index (κ1) is 11.0. The number of hydrogen-bond donors (Lipinski definition) is 1. The minimum atomic E-state index is -2.87. The quantitative estimate of drug-likeness (QED) is 0.782. The highest BCUT2D eigenvalue weighted by molar-refractivity contribution is 7.90. The van der Waals surface area contributed by atoms with Gasteiger partial charge < -0.3 is 5.73 Å². The Hall–Kier alpha value is -1.04. The molecule has 1 aromatic heterocycles. The van der Waals surface area contributed by atoms with Crippen LogP contribution in [0.2, 0.25) is 0 Å². The Labute approximate surface area is 83.8 Å². The van der Waals surface area contributed by atoms with Gasteiger partial charge in [0.1, 0.15) is 15.7 Å². The van der Waals surface area contributed by atoms with Crippen molar-refractivity contribution in [3.05, 3.63) is 11.8 Å². The van der Waals surface area contributed by atoms with Gasteiger partial charge in [-0.25, -0.2) is 8.42 Å². The van der Waals surface area contributed by atoms with Gasteiger partial charge in [-0.15, -0.1) is 0 Å². The fourth-order valence-electron chi connectivity index (χ4n) is 1.24. The normalized spacial score (nSPS) is 11.9. The van der Waals surface area contributed by atoms with Crippen molar-refractivity contribution in [2.75, 3.05) is 17.7 Å². The average Bonchev–Trinajstić information content (AvgIpc) is 2.27. The van der Waals surface area contributed by atoms with Gasteiger partial charge in [-0.1, -0.05) is 0 Å². The fraction of sp³-hybridized carbons (Fsp3) is 0.625. The molecule has 0 amide bonds. The highest BCUT2D eigenvalue weighted by atomic mass is 32.2. The zero-order chi connectivity index (χ0) is 10.8. The summed E-state index contributed by atoms with van der Waals surface area (Å²) in [4.78, 5) is 0. The smallest absolute Gasteiger partial charge is 0.147 e. The van der Waals surface area contributed by atoms with E-state index < -0.39 is 9.84 Å². The molecule has 0 unspecified atom stereocenters. The molecule has 0 aliphatic rings. The lowest BCUT2D eigenvalue weighted by Gasteiger charge is -2.02. The van der Waals surface area contributed by atoms with E-state index >= 15 is 0 Å². The zero-order valence-corrected chi connectivity index (χ0v) is 9.21. The number of aromatic nitrogens is 2. The molecule has 0 atom stereocenters. The van der Waals surface area contributed by atoms with Crippen molar-refractivity contribution in [2.45, 2.75) is 19.9 Å². The number of nitrogens with two attached hydrogens (primary N) is 1. The number of hydrogen-bond acceptors (Lipinski definition) is 4. The third-order valence-corrected chi connectivity index (χ3v) is 2.92. The Morgan fingerprint density at radius 2 is 2.21 bits per heavy atom. The maximum atomic E-state index is 10.9. The van der Waals surface area contributed by atoms with Gasteiger partial charge in [-0.2, -0.15) is 5.10 Å². The van der Waals surface area contributed by atoms with Crippen molar-refractivity contribution in [3.63, 3.8) is 0 Å². The first-order valence-corrected chi connectivity index (χ1v) is 6.42. The molecule has 0 fully saturated rings. The van der Waals surface area contributed by atoms with Crippen LogP contribution in [0.4, 0.5) is 5.82 Å². The second kappa shape index (κ2) is 4.00. The van der Waals surface area contributed by atoms with Gasteiger partial charge in [-0.3, -0.25) is 4.68 Å². The van der Waals surface area contributed by atoms with Gasteiger partial charge in [0.25, 0.3) is 0 Å². The molecule has 80 valence electrons. The lowest BCUT2D eigenvalue weighted by atomic mass is 10.4. The van der Waals surface area contributed by atoms with Crippen LogP contribution < -0.4 is 5.73 Å². The van der Waals surface area contributed by atoms with E-state index in [0.717, 1.165) is 5.69 Å². The van der Waals surface area contributed by atoms with Crippen LogP contribution in [0.1, 0.15) is 12.1 Å². The van der Waals surface area contributed by atoms with Crippen LogP contribution in [0, 0.1) is 6.92 Å². The predicted octanol–water partition coefficient (Wildman–Crippen LogP) is 0.208. The standard InChI is InChI=1S/C8H15N3O2S/c1-7-6-8(9)10-11(7)4-3-5-14(2,12)13/h6H,3-5H2,1-2H3,(H2,9,10). The minimum Gasteiger partial charge on any atom is -0.382 e. The lowest BCUT2D eigenvalue weighted by Crippen LogP contribution is -2.09. The monoisotopic (exact) mass is 217 g/mol. The summed E-state index contributed by atoms with van der Waals surface area (Å²) in [6.45, 7) is 2.49. The van der Waals surface area contributed by atoms with Crippen molar-refractivity contribution in [1.29, 1.82) is 0 Å². The number of aryl methyl sites for hydroxylation is 2. The maximum absolute atomic E-state index is 10.9. The van der Waals surface area contributed by atoms with E-state index in [4.69, 9.17) is 5.73 Å². The molecule has 0 aliphatic heterocycles. The van der Waals surface area contributed by atoms with Gasteiger partial charge in [0, 0.05) is 24.6 Å². The molecule has 14 heavy (non-hydrogen) atoms. The van der Waals surface area contributed by atoms with Crippen LogP contribution in [0.15, 0.2) is 6.07 Å². The highest BCUT2D eigenvalue weighted by Crippen LogP contribution is 2.05.